The molecule has 2 aromatic carbocycles. The van der Waals surface area contributed by atoms with E-state index < -0.39 is 28.1 Å². The quantitative estimate of drug-likeness (QED) is 0.837. The van der Waals surface area contributed by atoms with Gasteiger partial charge < -0.3 is 15.1 Å². The lowest BCUT2D eigenvalue weighted by atomic mass is 10.0. The summed E-state index contributed by atoms with van der Waals surface area (Å²) in [6.07, 6.45) is -0.514. The van der Waals surface area contributed by atoms with Crippen molar-refractivity contribution in [3.8, 4) is 0 Å². The molecule has 0 saturated carbocycles. The van der Waals surface area contributed by atoms with Crippen LogP contribution in [0, 0.1) is 0 Å². The number of carboxylic acids is 1. The van der Waals surface area contributed by atoms with Gasteiger partial charge in [0, 0.05) is 37.1 Å². The number of rotatable bonds is 4. The van der Waals surface area contributed by atoms with Crippen LogP contribution in [0.15, 0.2) is 41.3 Å². The van der Waals surface area contributed by atoms with E-state index in [1.165, 1.54) is 6.07 Å². The number of fused-ring (bicyclic) bond motifs is 1. The highest BCUT2D eigenvalue weighted by atomic mass is 32.2. The number of hydrogen-bond donors (Lipinski definition) is 2. The third-order valence-electron chi connectivity index (χ3n) is 4.72. The first kappa shape index (κ1) is 18.6. The molecule has 0 spiro atoms. The van der Waals surface area contributed by atoms with Crippen molar-refractivity contribution in [1.29, 1.82) is 0 Å². The largest absolute Gasteiger partial charge is 0.480 e. The predicted octanol–water partition coefficient (Wildman–Crippen LogP) is 1.50. The highest BCUT2D eigenvalue weighted by molar-refractivity contribution is 7.89. The summed E-state index contributed by atoms with van der Waals surface area (Å²) in [7, 11) is -0.339. The summed E-state index contributed by atoms with van der Waals surface area (Å²) in [6, 6.07) is 9.18. The van der Waals surface area contributed by atoms with Gasteiger partial charge in [-0.05, 0) is 25.0 Å². The van der Waals surface area contributed by atoms with Gasteiger partial charge in [-0.3, -0.25) is 4.79 Å². The summed E-state index contributed by atoms with van der Waals surface area (Å²) in [5.74, 6) is -1.20. The van der Waals surface area contributed by atoms with Crippen LogP contribution in [0.4, 0.5) is 5.69 Å². The van der Waals surface area contributed by atoms with Gasteiger partial charge >= 0.3 is 5.97 Å². The smallest absolute Gasteiger partial charge is 0.322 e. The van der Waals surface area contributed by atoms with Gasteiger partial charge in [-0.25, -0.2) is 8.42 Å². The van der Waals surface area contributed by atoms with Gasteiger partial charge in [-0.15, -0.1) is 0 Å². The molecule has 1 heterocycles. The first-order valence-corrected chi connectivity index (χ1v) is 9.79. The average Bonchev–Trinajstić information content (AvgIpc) is 2.60. The number of hydrogen-bond acceptors (Lipinski definition) is 5. The molecule has 1 fully saturated rings. The minimum absolute atomic E-state index is 0.0547. The zero-order chi connectivity index (χ0) is 19.1. The number of carboxylic acid groups (broad SMARTS) is 1. The molecule has 1 aliphatic rings. The number of β-amino-alcohol motifs (C(OH)–C–C–N with tert-alkyl or cyclic N) is 1. The Balaban J connectivity index is 2.18. The molecule has 3 rings (SSSR count). The summed E-state index contributed by atoms with van der Waals surface area (Å²) >= 11 is 0. The van der Waals surface area contributed by atoms with Crippen LogP contribution in [0.1, 0.15) is 12.8 Å². The van der Waals surface area contributed by atoms with Crippen LogP contribution in [0.25, 0.3) is 10.8 Å². The summed E-state index contributed by atoms with van der Waals surface area (Å²) in [6.45, 7) is -0.219. The van der Waals surface area contributed by atoms with Crippen LogP contribution in [0.5, 0.6) is 0 Å². The SMILES string of the molecule is CN(C)c1cccc2c(S(=O)(=O)N3C[C@H](O)CC[C@H]3C(=O)O)cccc12. The van der Waals surface area contributed by atoms with E-state index in [2.05, 4.69) is 0 Å². The van der Waals surface area contributed by atoms with E-state index in [-0.39, 0.29) is 24.3 Å². The summed E-state index contributed by atoms with van der Waals surface area (Å²) in [5, 5.41) is 20.7. The van der Waals surface area contributed by atoms with Crippen molar-refractivity contribution < 1.29 is 23.4 Å². The van der Waals surface area contributed by atoms with Crippen molar-refractivity contribution in [1.82, 2.24) is 4.31 Å². The number of benzene rings is 2. The number of aliphatic hydroxyl groups excluding tert-OH is 1. The maximum Gasteiger partial charge on any atom is 0.322 e. The van der Waals surface area contributed by atoms with Crippen LogP contribution < -0.4 is 4.90 Å². The molecule has 2 atom stereocenters. The van der Waals surface area contributed by atoms with Crippen molar-refractivity contribution in [2.45, 2.75) is 29.9 Å². The Morgan fingerprint density at radius 3 is 2.42 bits per heavy atom. The van der Waals surface area contributed by atoms with Gasteiger partial charge in [-0.2, -0.15) is 4.31 Å². The Hall–Kier alpha value is -2.16. The van der Waals surface area contributed by atoms with Gasteiger partial charge in [-0.1, -0.05) is 24.3 Å². The minimum Gasteiger partial charge on any atom is -0.480 e. The van der Waals surface area contributed by atoms with E-state index in [0.29, 0.717) is 5.39 Å². The number of aliphatic carboxylic acids is 1. The van der Waals surface area contributed by atoms with E-state index >= 15 is 0 Å². The zero-order valence-electron chi connectivity index (χ0n) is 14.7. The maximum atomic E-state index is 13.3. The molecule has 1 saturated heterocycles. The molecule has 0 unspecified atom stereocenters. The van der Waals surface area contributed by atoms with Crippen LogP contribution in [-0.4, -0.2) is 61.7 Å². The molecule has 26 heavy (non-hydrogen) atoms. The molecule has 0 radical (unpaired) electrons. The van der Waals surface area contributed by atoms with Gasteiger partial charge in [0.15, 0.2) is 0 Å². The van der Waals surface area contributed by atoms with Crippen LogP contribution in [-0.2, 0) is 14.8 Å². The summed E-state index contributed by atoms with van der Waals surface area (Å²) < 4.78 is 27.5. The zero-order valence-corrected chi connectivity index (χ0v) is 15.5. The fraction of sp³-hybridized carbons (Fsp3) is 0.389. The van der Waals surface area contributed by atoms with Gasteiger partial charge in [0.2, 0.25) is 10.0 Å². The van der Waals surface area contributed by atoms with Gasteiger partial charge in [0.25, 0.3) is 0 Å². The minimum atomic E-state index is -4.08. The molecule has 7 nitrogen and oxygen atoms in total. The van der Waals surface area contributed by atoms with Gasteiger partial charge in [0.1, 0.15) is 6.04 Å². The van der Waals surface area contributed by atoms with Crippen molar-refractivity contribution >= 4 is 32.5 Å². The Morgan fingerprint density at radius 1 is 1.12 bits per heavy atom. The third kappa shape index (κ3) is 3.15. The highest BCUT2D eigenvalue weighted by Gasteiger charge is 2.41. The van der Waals surface area contributed by atoms with Crippen molar-refractivity contribution in [2.24, 2.45) is 0 Å². The number of anilines is 1. The normalized spacial score (nSPS) is 21.7. The van der Waals surface area contributed by atoms with E-state index in [1.807, 2.05) is 31.1 Å². The molecule has 2 aromatic rings. The summed E-state index contributed by atoms with van der Waals surface area (Å²) in [4.78, 5) is 13.5. The molecule has 0 aliphatic carbocycles. The van der Waals surface area contributed by atoms with E-state index in [0.717, 1.165) is 15.4 Å². The van der Waals surface area contributed by atoms with Crippen LogP contribution >= 0.6 is 0 Å². The van der Waals surface area contributed by atoms with Crippen LogP contribution in [0.2, 0.25) is 0 Å². The lowest BCUT2D eigenvalue weighted by molar-refractivity contribution is -0.143. The standard InChI is InChI=1S/C18H22N2O5S/c1-19(2)15-7-3-6-14-13(15)5-4-8-17(14)26(24,25)20-11-12(21)9-10-16(20)18(22)23/h3-8,12,16,21H,9-11H2,1-2H3,(H,22,23)/t12-,16+/m1/s1. The number of carbonyl (C=O) groups is 1. The van der Waals surface area contributed by atoms with Crippen LogP contribution in [0.3, 0.4) is 0 Å². The molecular weight excluding hydrogens is 356 g/mol. The first-order chi connectivity index (χ1) is 12.2. The van der Waals surface area contributed by atoms with E-state index in [4.69, 9.17) is 0 Å². The molecule has 1 aliphatic heterocycles. The second-order valence-electron chi connectivity index (χ2n) is 6.68. The number of nitrogens with zero attached hydrogens (tertiary/aromatic N) is 2. The van der Waals surface area contributed by atoms with Gasteiger partial charge in [0.05, 0.1) is 11.0 Å². The molecule has 8 heteroatoms. The lowest BCUT2D eigenvalue weighted by Gasteiger charge is -2.34. The molecule has 2 N–H and O–H groups in total. The molecular formula is C18H22N2O5S. The first-order valence-electron chi connectivity index (χ1n) is 8.35. The number of sulfonamides is 1. The molecule has 0 aromatic heterocycles. The lowest BCUT2D eigenvalue weighted by Crippen LogP contribution is -2.52. The summed E-state index contributed by atoms with van der Waals surface area (Å²) in [5.41, 5.74) is 0.869. The Kier molecular flexibility index (Phi) is 4.92. The number of aliphatic hydroxyl groups is 1. The fourth-order valence-corrected chi connectivity index (χ4v) is 5.30. The van der Waals surface area contributed by atoms with Crippen molar-refractivity contribution in [3.63, 3.8) is 0 Å². The molecule has 0 bridgehead atoms. The fourth-order valence-electron chi connectivity index (χ4n) is 3.44. The Morgan fingerprint density at radius 2 is 1.77 bits per heavy atom. The third-order valence-corrected chi connectivity index (χ3v) is 6.66. The second kappa shape index (κ2) is 6.86. The Labute approximate surface area is 152 Å². The average molecular weight is 378 g/mol. The van der Waals surface area contributed by atoms with Crippen molar-refractivity contribution in [3.05, 3.63) is 36.4 Å². The second-order valence-corrected chi connectivity index (χ2v) is 8.54. The van der Waals surface area contributed by atoms with E-state index in [1.54, 1.807) is 18.2 Å². The van der Waals surface area contributed by atoms with E-state index in [9.17, 15) is 23.4 Å². The number of piperidine rings is 1. The monoisotopic (exact) mass is 378 g/mol. The topological polar surface area (TPSA) is 98.2 Å². The van der Waals surface area contributed by atoms with Crippen molar-refractivity contribution in [2.75, 3.05) is 25.5 Å². The molecule has 0 amide bonds. The highest BCUT2D eigenvalue weighted by Crippen LogP contribution is 2.33. The molecule has 140 valence electrons. The Bertz CT molecular complexity index is 942. The maximum absolute atomic E-state index is 13.3. The predicted molar refractivity (Wildman–Crippen MR) is 98.8 cm³/mol.